The normalized spacial score (nSPS) is 11.1. The average molecular weight is 478 g/mol. The highest BCUT2D eigenvalue weighted by Gasteiger charge is 2.19. The molecule has 3 aromatic carbocycles. The predicted molar refractivity (Wildman–Crippen MR) is 130 cm³/mol. The molecule has 9 heteroatoms. The molecule has 174 valence electrons. The van der Waals surface area contributed by atoms with E-state index in [-0.39, 0.29) is 10.5 Å². The van der Waals surface area contributed by atoms with E-state index in [0.717, 1.165) is 5.75 Å². The summed E-state index contributed by atoms with van der Waals surface area (Å²) in [6.07, 6.45) is 0.532. The van der Waals surface area contributed by atoms with Gasteiger partial charge in [0.1, 0.15) is 17.2 Å². The van der Waals surface area contributed by atoms with Gasteiger partial charge in [0.2, 0.25) is 0 Å². The first-order valence-electron chi connectivity index (χ1n) is 10.5. The Kier molecular flexibility index (Phi) is 6.65. The summed E-state index contributed by atoms with van der Waals surface area (Å²) in [6.45, 7) is 1.89. The second-order valence-corrected chi connectivity index (χ2v) is 9.04. The molecule has 0 aliphatic carbocycles. The number of methoxy groups -OCH3 is 1. The minimum Gasteiger partial charge on any atom is -0.497 e. The van der Waals surface area contributed by atoms with Gasteiger partial charge in [-0.15, -0.1) is 0 Å². The van der Waals surface area contributed by atoms with Crippen LogP contribution in [0.25, 0.3) is 11.3 Å². The Balaban J connectivity index is 1.55. The molecule has 0 saturated carbocycles. The van der Waals surface area contributed by atoms with Crippen LogP contribution >= 0.6 is 0 Å². The lowest BCUT2D eigenvalue weighted by Crippen LogP contribution is -2.15. The standard InChI is InChI=1S/C25H23N3O5S/c1-3-17-4-5-18(23-14-15-25(29)27-26-23)16-24(17)34(30,31)28-19-6-8-21(9-7-19)33-22-12-10-20(32-2)11-13-22/h4-16,28H,3H2,1-2H3,(H,27,29). The van der Waals surface area contributed by atoms with E-state index in [1.807, 2.05) is 6.92 Å². The van der Waals surface area contributed by atoms with Crippen molar-refractivity contribution in [3.8, 4) is 28.5 Å². The molecule has 0 aliphatic heterocycles. The fourth-order valence-corrected chi connectivity index (χ4v) is 4.74. The molecule has 4 rings (SSSR count). The number of aryl methyl sites for hydroxylation is 1. The highest BCUT2D eigenvalue weighted by Crippen LogP contribution is 2.28. The van der Waals surface area contributed by atoms with Gasteiger partial charge in [-0.1, -0.05) is 19.1 Å². The fraction of sp³-hybridized carbons (Fsp3) is 0.120. The van der Waals surface area contributed by atoms with Crippen molar-refractivity contribution in [3.63, 3.8) is 0 Å². The first kappa shape index (κ1) is 23.1. The molecule has 0 unspecified atom stereocenters. The van der Waals surface area contributed by atoms with E-state index in [1.54, 1.807) is 79.9 Å². The number of H-pyrrole nitrogens is 1. The number of anilines is 1. The van der Waals surface area contributed by atoms with Gasteiger partial charge in [-0.2, -0.15) is 5.10 Å². The second-order valence-electron chi connectivity index (χ2n) is 7.39. The van der Waals surface area contributed by atoms with Crippen LogP contribution < -0.4 is 19.8 Å². The van der Waals surface area contributed by atoms with Crippen LogP contribution in [-0.2, 0) is 16.4 Å². The summed E-state index contributed by atoms with van der Waals surface area (Å²) in [7, 11) is -2.29. The molecule has 0 fully saturated rings. The van der Waals surface area contributed by atoms with Crippen LogP contribution in [0.15, 0.2) is 88.6 Å². The molecule has 0 saturated heterocycles. The fourth-order valence-electron chi connectivity index (χ4n) is 3.34. The lowest BCUT2D eigenvalue weighted by atomic mass is 10.1. The summed E-state index contributed by atoms with van der Waals surface area (Å²) in [4.78, 5) is 11.4. The highest BCUT2D eigenvalue weighted by atomic mass is 32.2. The Labute approximate surface area is 197 Å². The van der Waals surface area contributed by atoms with Crippen molar-refractivity contribution in [2.45, 2.75) is 18.2 Å². The molecule has 0 amide bonds. The number of sulfonamides is 1. The van der Waals surface area contributed by atoms with Crippen molar-refractivity contribution in [2.24, 2.45) is 0 Å². The molecule has 2 N–H and O–H groups in total. The van der Waals surface area contributed by atoms with Crippen LogP contribution in [0.3, 0.4) is 0 Å². The van der Waals surface area contributed by atoms with Crippen molar-refractivity contribution in [2.75, 3.05) is 11.8 Å². The molecule has 0 atom stereocenters. The molecule has 0 bridgehead atoms. The number of aromatic nitrogens is 2. The van der Waals surface area contributed by atoms with Crippen molar-refractivity contribution in [1.29, 1.82) is 0 Å². The van der Waals surface area contributed by atoms with Gasteiger partial charge in [-0.05, 0) is 72.6 Å². The van der Waals surface area contributed by atoms with Gasteiger partial charge in [-0.25, -0.2) is 13.5 Å². The van der Waals surface area contributed by atoms with Crippen molar-refractivity contribution in [1.82, 2.24) is 10.2 Å². The number of hydrogen-bond donors (Lipinski definition) is 2. The minimum absolute atomic E-state index is 0.152. The van der Waals surface area contributed by atoms with Crippen LogP contribution in [0.1, 0.15) is 12.5 Å². The van der Waals surface area contributed by atoms with E-state index in [4.69, 9.17) is 9.47 Å². The molecule has 8 nitrogen and oxygen atoms in total. The molecule has 1 aromatic heterocycles. The van der Waals surface area contributed by atoms with Gasteiger partial charge in [0.15, 0.2) is 0 Å². The summed E-state index contributed by atoms with van der Waals surface area (Å²) < 4.78 is 40.0. The maximum Gasteiger partial charge on any atom is 0.264 e. The Morgan fingerprint density at radius 3 is 2.12 bits per heavy atom. The number of hydrogen-bond acceptors (Lipinski definition) is 6. The van der Waals surface area contributed by atoms with E-state index < -0.39 is 10.0 Å². The SMILES string of the molecule is CCc1ccc(-c2ccc(=O)[nH]n2)cc1S(=O)(=O)Nc1ccc(Oc2ccc(OC)cc2)cc1. The largest absolute Gasteiger partial charge is 0.497 e. The summed E-state index contributed by atoms with van der Waals surface area (Å²) in [5.74, 6) is 1.92. The zero-order valence-corrected chi connectivity index (χ0v) is 19.4. The first-order chi connectivity index (χ1) is 16.4. The maximum atomic E-state index is 13.2. The van der Waals surface area contributed by atoms with Crippen molar-refractivity contribution >= 4 is 15.7 Å². The number of rotatable bonds is 8. The number of nitrogens with one attached hydrogen (secondary N) is 2. The third-order valence-corrected chi connectivity index (χ3v) is 6.58. The third kappa shape index (κ3) is 5.26. The quantitative estimate of drug-likeness (QED) is 0.384. The Morgan fingerprint density at radius 2 is 1.53 bits per heavy atom. The zero-order chi connectivity index (χ0) is 24.1. The lowest BCUT2D eigenvalue weighted by molar-refractivity contribution is 0.413. The minimum atomic E-state index is -3.88. The van der Waals surface area contributed by atoms with E-state index in [9.17, 15) is 13.2 Å². The van der Waals surface area contributed by atoms with E-state index >= 15 is 0 Å². The molecule has 1 heterocycles. The van der Waals surface area contributed by atoms with Crippen LogP contribution in [0.4, 0.5) is 5.69 Å². The van der Waals surface area contributed by atoms with E-state index in [2.05, 4.69) is 14.9 Å². The zero-order valence-electron chi connectivity index (χ0n) is 18.6. The van der Waals surface area contributed by atoms with E-state index in [1.165, 1.54) is 6.07 Å². The van der Waals surface area contributed by atoms with Crippen LogP contribution in [0.2, 0.25) is 0 Å². The van der Waals surface area contributed by atoms with Gasteiger partial charge >= 0.3 is 0 Å². The molecule has 0 aliphatic rings. The lowest BCUT2D eigenvalue weighted by Gasteiger charge is -2.14. The topological polar surface area (TPSA) is 110 Å². The van der Waals surface area contributed by atoms with Crippen LogP contribution in [0.5, 0.6) is 17.2 Å². The van der Waals surface area contributed by atoms with Gasteiger partial charge in [0.05, 0.1) is 17.7 Å². The number of benzene rings is 3. The number of nitrogens with zero attached hydrogens (tertiary/aromatic N) is 1. The average Bonchev–Trinajstić information content (AvgIpc) is 2.85. The van der Waals surface area contributed by atoms with Gasteiger partial charge in [0, 0.05) is 17.3 Å². The molecule has 0 spiro atoms. The van der Waals surface area contributed by atoms with Crippen molar-refractivity contribution < 1.29 is 17.9 Å². The van der Waals surface area contributed by atoms with Gasteiger partial charge in [0.25, 0.3) is 15.6 Å². The molecule has 0 radical (unpaired) electrons. The molecular weight excluding hydrogens is 454 g/mol. The predicted octanol–water partition coefficient (Wildman–Crippen LogP) is 4.60. The highest BCUT2D eigenvalue weighted by molar-refractivity contribution is 7.92. The Bertz CT molecular complexity index is 1430. The molecular formula is C25H23N3O5S. The second kappa shape index (κ2) is 9.80. The maximum absolute atomic E-state index is 13.2. The van der Waals surface area contributed by atoms with Gasteiger partial charge in [-0.3, -0.25) is 9.52 Å². The van der Waals surface area contributed by atoms with Crippen LogP contribution in [-0.4, -0.2) is 25.7 Å². The summed E-state index contributed by atoms with van der Waals surface area (Å²) in [5.41, 5.74) is 1.79. The summed E-state index contributed by atoms with van der Waals surface area (Å²) >= 11 is 0. The van der Waals surface area contributed by atoms with Crippen LogP contribution in [0, 0.1) is 0 Å². The number of ether oxygens (including phenoxy) is 2. The third-order valence-electron chi connectivity index (χ3n) is 5.11. The molecule has 34 heavy (non-hydrogen) atoms. The summed E-state index contributed by atoms with van der Waals surface area (Å²) in [5, 5.41) is 6.36. The monoisotopic (exact) mass is 477 g/mol. The Hall–Kier alpha value is -4.11. The van der Waals surface area contributed by atoms with Crippen molar-refractivity contribution in [3.05, 3.63) is 94.8 Å². The smallest absolute Gasteiger partial charge is 0.264 e. The summed E-state index contributed by atoms with van der Waals surface area (Å²) in [6, 6.07) is 21.8. The Morgan fingerprint density at radius 1 is 0.882 bits per heavy atom. The van der Waals surface area contributed by atoms with E-state index in [0.29, 0.717) is 40.4 Å². The molecule has 4 aromatic rings. The number of aromatic amines is 1. The first-order valence-corrected chi connectivity index (χ1v) is 12.0. The van der Waals surface area contributed by atoms with Gasteiger partial charge < -0.3 is 9.47 Å².